The Labute approximate surface area is 139 Å². The molecule has 2 bridgehead atoms. The van der Waals surface area contributed by atoms with Crippen LogP contribution < -0.4 is 0 Å². The minimum absolute atomic E-state index is 0.0265. The molecule has 4 nitrogen and oxygen atoms in total. The van der Waals surface area contributed by atoms with Gasteiger partial charge < -0.3 is 9.47 Å². The molecule has 1 saturated carbocycles. The lowest BCUT2D eigenvalue weighted by Gasteiger charge is -2.33. The number of fused-ring (bicyclic) bond motifs is 2. The number of hydrogen-bond donors (Lipinski definition) is 0. The molecule has 4 unspecified atom stereocenters. The smallest absolute Gasteiger partial charge is 0.310 e. The number of hydrogen-bond acceptors (Lipinski definition) is 4. The van der Waals surface area contributed by atoms with Gasteiger partial charge in [0, 0.05) is 0 Å². The summed E-state index contributed by atoms with van der Waals surface area (Å²) in [5, 5.41) is 0. The predicted molar refractivity (Wildman–Crippen MR) is 88.6 cm³/mol. The quantitative estimate of drug-likeness (QED) is 0.552. The molecule has 2 aliphatic rings. The van der Waals surface area contributed by atoms with Crippen molar-refractivity contribution in [1.29, 1.82) is 0 Å². The Morgan fingerprint density at radius 2 is 1.22 bits per heavy atom. The summed E-state index contributed by atoms with van der Waals surface area (Å²) in [6.45, 7) is 11.7. The van der Waals surface area contributed by atoms with Gasteiger partial charge in [-0.25, -0.2) is 0 Å². The number of carbonyl (C=O) groups is 2. The van der Waals surface area contributed by atoms with Gasteiger partial charge in [-0.3, -0.25) is 9.59 Å². The maximum Gasteiger partial charge on any atom is 0.310 e. The van der Waals surface area contributed by atoms with E-state index in [2.05, 4.69) is 26.0 Å². The number of rotatable bonds is 6. The van der Waals surface area contributed by atoms with Crippen LogP contribution in [0.3, 0.4) is 0 Å². The lowest BCUT2D eigenvalue weighted by atomic mass is 9.71. The Kier molecular flexibility index (Phi) is 5.22. The van der Waals surface area contributed by atoms with Gasteiger partial charge in [0.15, 0.2) is 0 Å². The molecule has 0 spiro atoms. The van der Waals surface area contributed by atoms with Gasteiger partial charge >= 0.3 is 11.9 Å². The molecule has 0 aromatic carbocycles. The minimum atomic E-state index is -0.418. The average Bonchev–Trinajstić information content (AvgIpc) is 2.95. The summed E-state index contributed by atoms with van der Waals surface area (Å²) in [6, 6.07) is 0. The van der Waals surface area contributed by atoms with Crippen molar-refractivity contribution in [3.63, 3.8) is 0 Å². The van der Waals surface area contributed by atoms with E-state index < -0.39 is 11.8 Å². The highest BCUT2D eigenvalue weighted by atomic mass is 16.6. The Hall–Kier alpha value is -1.32. The Morgan fingerprint density at radius 1 is 0.870 bits per heavy atom. The van der Waals surface area contributed by atoms with Crippen molar-refractivity contribution in [2.24, 2.45) is 29.1 Å². The molecule has 0 saturated heterocycles. The highest BCUT2D eigenvalue weighted by Gasteiger charge is 2.64. The highest BCUT2D eigenvalue weighted by molar-refractivity contribution is 5.85. The second kappa shape index (κ2) is 6.66. The van der Waals surface area contributed by atoms with E-state index in [1.165, 1.54) is 0 Å². The van der Waals surface area contributed by atoms with E-state index in [9.17, 15) is 9.59 Å². The van der Waals surface area contributed by atoms with Crippen LogP contribution in [-0.4, -0.2) is 24.1 Å². The molecule has 0 amide bonds. The molecule has 0 aromatic heterocycles. The summed E-state index contributed by atoms with van der Waals surface area (Å²) in [6.07, 6.45) is 5.80. The second-order valence-electron chi connectivity index (χ2n) is 7.40. The molecule has 2 rings (SSSR count). The summed E-state index contributed by atoms with van der Waals surface area (Å²) in [5.74, 6) is -1.21. The topological polar surface area (TPSA) is 52.6 Å². The number of carbonyl (C=O) groups excluding carboxylic acids is 2. The lowest BCUT2D eigenvalue weighted by molar-refractivity contribution is -0.165. The molecule has 4 atom stereocenters. The monoisotopic (exact) mass is 322 g/mol. The molecule has 130 valence electrons. The summed E-state index contributed by atoms with van der Waals surface area (Å²) in [4.78, 5) is 25.4. The van der Waals surface area contributed by atoms with E-state index in [1.54, 1.807) is 0 Å². The van der Waals surface area contributed by atoms with Crippen molar-refractivity contribution < 1.29 is 19.1 Å². The van der Waals surface area contributed by atoms with Gasteiger partial charge in [-0.15, -0.1) is 0 Å². The first-order valence-electron chi connectivity index (χ1n) is 8.87. The van der Waals surface area contributed by atoms with E-state index in [4.69, 9.17) is 9.47 Å². The average molecular weight is 322 g/mol. The fourth-order valence-corrected chi connectivity index (χ4v) is 4.65. The maximum atomic E-state index is 12.7. The third-order valence-corrected chi connectivity index (χ3v) is 5.58. The largest absolute Gasteiger partial charge is 0.463 e. The van der Waals surface area contributed by atoms with Crippen LogP contribution in [0.2, 0.25) is 0 Å². The molecule has 2 aliphatic carbocycles. The van der Waals surface area contributed by atoms with Crippen molar-refractivity contribution in [2.45, 2.75) is 66.6 Å². The fraction of sp³-hybridized carbons (Fsp3) is 0.789. The SMILES string of the molecule is CCC1(CC)C2C=CC1C(C(=O)OC(C)C)C2C(=O)OC(C)C. The molecule has 1 fully saturated rings. The Bertz CT molecular complexity index is 448. The van der Waals surface area contributed by atoms with Crippen molar-refractivity contribution in [1.82, 2.24) is 0 Å². The minimum Gasteiger partial charge on any atom is -0.463 e. The van der Waals surface area contributed by atoms with E-state index in [-0.39, 0.29) is 41.4 Å². The molecule has 4 heteroatoms. The van der Waals surface area contributed by atoms with E-state index >= 15 is 0 Å². The zero-order valence-electron chi connectivity index (χ0n) is 15.2. The fourth-order valence-electron chi connectivity index (χ4n) is 4.65. The van der Waals surface area contributed by atoms with Gasteiger partial charge in [0.1, 0.15) is 0 Å². The summed E-state index contributed by atoms with van der Waals surface area (Å²) >= 11 is 0. The maximum absolute atomic E-state index is 12.7. The third kappa shape index (κ3) is 2.92. The van der Waals surface area contributed by atoms with Crippen LogP contribution in [0.1, 0.15) is 54.4 Å². The standard InChI is InChI=1S/C19H30O4/c1-7-19(8-2)13-9-10-14(19)16(18(21)23-12(5)6)15(13)17(20)22-11(3)4/h9-16H,7-8H2,1-6H3. The van der Waals surface area contributed by atoms with E-state index in [1.807, 2.05) is 27.7 Å². The molecular formula is C19H30O4. The summed E-state index contributed by atoms with van der Waals surface area (Å²) in [7, 11) is 0. The first kappa shape index (κ1) is 18.0. The van der Waals surface area contributed by atoms with Gasteiger partial charge in [-0.2, -0.15) is 0 Å². The second-order valence-corrected chi connectivity index (χ2v) is 7.40. The van der Waals surface area contributed by atoms with E-state index in [0.29, 0.717) is 0 Å². The van der Waals surface area contributed by atoms with Crippen molar-refractivity contribution in [3.05, 3.63) is 12.2 Å². The van der Waals surface area contributed by atoms with Crippen LogP contribution in [-0.2, 0) is 19.1 Å². The molecule has 0 aromatic rings. The molecular weight excluding hydrogens is 292 g/mol. The predicted octanol–water partition coefficient (Wildman–Crippen LogP) is 3.74. The van der Waals surface area contributed by atoms with Gasteiger partial charge in [0.05, 0.1) is 24.0 Å². The highest BCUT2D eigenvalue weighted by Crippen LogP contribution is 2.63. The van der Waals surface area contributed by atoms with Gasteiger partial charge in [-0.1, -0.05) is 26.0 Å². The zero-order valence-corrected chi connectivity index (χ0v) is 15.2. The summed E-state index contributed by atoms with van der Waals surface area (Å²) < 4.78 is 10.9. The van der Waals surface area contributed by atoms with Gasteiger partial charge in [0.2, 0.25) is 0 Å². The van der Waals surface area contributed by atoms with Crippen molar-refractivity contribution >= 4 is 11.9 Å². The molecule has 0 N–H and O–H groups in total. The normalized spacial score (nSPS) is 31.0. The van der Waals surface area contributed by atoms with Crippen LogP contribution in [0.25, 0.3) is 0 Å². The zero-order chi connectivity index (χ0) is 17.4. The molecule has 0 radical (unpaired) electrons. The van der Waals surface area contributed by atoms with Crippen LogP contribution in [0.4, 0.5) is 0 Å². The number of esters is 2. The van der Waals surface area contributed by atoms with E-state index in [0.717, 1.165) is 12.8 Å². The van der Waals surface area contributed by atoms with Crippen LogP contribution in [0, 0.1) is 29.1 Å². The first-order valence-corrected chi connectivity index (χ1v) is 8.87. The Balaban J connectivity index is 2.38. The lowest BCUT2D eigenvalue weighted by Crippen LogP contribution is -2.37. The number of ether oxygens (including phenoxy) is 2. The third-order valence-electron chi connectivity index (χ3n) is 5.58. The Morgan fingerprint density at radius 3 is 1.48 bits per heavy atom. The van der Waals surface area contributed by atoms with Gasteiger partial charge in [0.25, 0.3) is 0 Å². The molecule has 23 heavy (non-hydrogen) atoms. The number of allylic oxidation sites excluding steroid dienone is 2. The van der Waals surface area contributed by atoms with Crippen LogP contribution in [0.15, 0.2) is 12.2 Å². The van der Waals surface area contributed by atoms with Crippen LogP contribution >= 0.6 is 0 Å². The molecule has 0 heterocycles. The van der Waals surface area contributed by atoms with Crippen molar-refractivity contribution in [3.8, 4) is 0 Å². The molecule has 0 aliphatic heterocycles. The van der Waals surface area contributed by atoms with Crippen molar-refractivity contribution in [2.75, 3.05) is 0 Å². The summed E-state index contributed by atoms with van der Waals surface area (Å²) in [5.41, 5.74) is -0.0265. The first-order chi connectivity index (χ1) is 10.8. The van der Waals surface area contributed by atoms with Crippen LogP contribution in [0.5, 0.6) is 0 Å². The van der Waals surface area contributed by atoms with Gasteiger partial charge in [-0.05, 0) is 57.8 Å².